The zero-order valence-electron chi connectivity index (χ0n) is 8.82. The van der Waals surface area contributed by atoms with Crippen molar-refractivity contribution in [3.63, 3.8) is 0 Å². The number of rotatable bonds is 3. The summed E-state index contributed by atoms with van der Waals surface area (Å²) in [5, 5.41) is 8.77. The minimum atomic E-state index is -1.28. The van der Waals surface area contributed by atoms with Crippen molar-refractivity contribution in [2.75, 3.05) is 0 Å². The number of aryl methyl sites for hydroxylation is 1. The summed E-state index contributed by atoms with van der Waals surface area (Å²) < 4.78 is 0. The highest BCUT2D eigenvalue weighted by molar-refractivity contribution is 6.30. The van der Waals surface area contributed by atoms with Gasteiger partial charge in [0.25, 0.3) is 0 Å². The highest BCUT2D eigenvalue weighted by Gasteiger charge is 2.21. The fourth-order valence-corrected chi connectivity index (χ4v) is 1.60. The fourth-order valence-electron chi connectivity index (χ4n) is 1.30. The molecular formula is C10H11ClN2O3. The molecule has 0 fully saturated rings. The number of pyridine rings is 1. The van der Waals surface area contributed by atoms with Gasteiger partial charge in [0, 0.05) is 16.8 Å². The Bertz CT molecular complexity index is 460. The topological polar surface area (TPSA) is 93.3 Å². The Hall–Kier alpha value is -1.46. The number of carboxylic acid groups (broad SMARTS) is 1. The van der Waals surface area contributed by atoms with Gasteiger partial charge in [-0.05, 0) is 19.9 Å². The van der Waals surface area contributed by atoms with Gasteiger partial charge in [0.05, 0.1) is 0 Å². The van der Waals surface area contributed by atoms with Crippen LogP contribution >= 0.6 is 11.6 Å². The summed E-state index contributed by atoms with van der Waals surface area (Å²) in [5.74, 6) is -1.43. The molecule has 0 spiro atoms. The Morgan fingerprint density at radius 3 is 2.56 bits per heavy atom. The van der Waals surface area contributed by atoms with Crippen LogP contribution in [0.3, 0.4) is 0 Å². The van der Waals surface area contributed by atoms with E-state index in [1.54, 1.807) is 6.92 Å². The highest BCUT2D eigenvalue weighted by Crippen LogP contribution is 2.23. The first-order chi connectivity index (χ1) is 7.34. The van der Waals surface area contributed by atoms with Gasteiger partial charge in [-0.3, -0.25) is 9.59 Å². The molecule has 0 radical (unpaired) electrons. The quantitative estimate of drug-likeness (QED) is 0.616. The molecule has 0 aliphatic heterocycles. The molecule has 0 aliphatic carbocycles. The third kappa shape index (κ3) is 2.37. The van der Waals surface area contributed by atoms with Crippen LogP contribution in [0.2, 0.25) is 5.15 Å². The number of ketones is 1. The van der Waals surface area contributed by atoms with E-state index < -0.39 is 12.0 Å². The predicted octanol–water partition coefficient (Wildman–Crippen LogP) is 1.33. The van der Waals surface area contributed by atoms with Gasteiger partial charge in [-0.25, -0.2) is 4.98 Å². The minimum absolute atomic E-state index is 0.0115. The van der Waals surface area contributed by atoms with Crippen LogP contribution in [0.4, 0.5) is 0 Å². The second-order valence-electron chi connectivity index (χ2n) is 3.37. The Labute approximate surface area is 97.2 Å². The molecule has 6 heteroatoms. The molecule has 0 saturated carbocycles. The van der Waals surface area contributed by atoms with Gasteiger partial charge in [-0.15, -0.1) is 0 Å². The lowest BCUT2D eigenvalue weighted by atomic mass is 10.0. The molecule has 1 heterocycles. The molecule has 1 rings (SSSR count). The van der Waals surface area contributed by atoms with Crippen molar-refractivity contribution in [3.05, 3.63) is 28.0 Å². The van der Waals surface area contributed by atoms with Crippen LogP contribution in [-0.4, -0.2) is 21.8 Å². The first-order valence-corrected chi connectivity index (χ1v) is 4.88. The first kappa shape index (κ1) is 12.6. The molecule has 5 nitrogen and oxygen atoms in total. The highest BCUT2D eigenvalue weighted by atomic mass is 35.5. The zero-order valence-corrected chi connectivity index (χ0v) is 9.58. The van der Waals surface area contributed by atoms with Crippen molar-refractivity contribution in [2.24, 2.45) is 5.73 Å². The van der Waals surface area contributed by atoms with Gasteiger partial charge in [0.15, 0.2) is 5.78 Å². The number of carbonyl (C=O) groups is 2. The zero-order chi connectivity index (χ0) is 12.5. The number of nitrogens with two attached hydrogens (primary N) is 1. The van der Waals surface area contributed by atoms with Crippen molar-refractivity contribution in [1.29, 1.82) is 0 Å². The lowest BCUT2D eigenvalue weighted by Crippen LogP contribution is -2.22. The molecule has 0 saturated heterocycles. The number of aliphatic carboxylic acids is 1. The van der Waals surface area contributed by atoms with Crippen LogP contribution in [0, 0.1) is 6.92 Å². The van der Waals surface area contributed by atoms with E-state index in [1.165, 1.54) is 13.0 Å². The minimum Gasteiger partial charge on any atom is -0.480 e. The maximum atomic E-state index is 11.3. The van der Waals surface area contributed by atoms with E-state index in [4.69, 9.17) is 22.4 Å². The van der Waals surface area contributed by atoms with Crippen molar-refractivity contribution in [1.82, 2.24) is 4.98 Å². The van der Waals surface area contributed by atoms with Crippen LogP contribution in [0.1, 0.15) is 34.6 Å². The third-order valence-electron chi connectivity index (χ3n) is 2.17. The SMILES string of the molecule is CC(=O)c1cc([C@H](N)C(=O)O)c(Cl)nc1C. The molecule has 3 N–H and O–H groups in total. The Balaban J connectivity index is 3.35. The van der Waals surface area contributed by atoms with Crippen LogP contribution in [0.5, 0.6) is 0 Å². The molecule has 0 unspecified atom stereocenters. The smallest absolute Gasteiger partial charge is 0.325 e. The van der Waals surface area contributed by atoms with Gasteiger partial charge in [-0.2, -0.15) is 0 Å². The van der Waals surface area contributed by atoms with Crippen molar-refractivity contribution in [2.45, 2.75) is 19.9 Å². The van der Waals surface area contributed by atoms with Crippen LogP contribution in [0.25, 0.3) is 0 Å². The van der Waals surface area contributed by atoms with Crippen LogP contribution in [0.15, 0.2) is 6.07 Å². The summed E-state index contributed by atoms with van der Waals surface area (Å²) in [6.45, 7) is 2.99. The van der Waals surface area contributed by atoms with Crippen molar-refractivity contribution >= 4 is 23.4 Å². The van der Waals surface area contributed by atoms with Gasteiger partial charge < -0.3 is 10.8 Å². The first-order valence-electron chi connectivity index (χ1n) is 4.51. The fraction of sp³-hybridized carbons (Fsp3) is 0.300. The summed E-state index contributed by atoms with van der Waals surface area (Å²) in [7, 11) is 0. The number of hydrogen-bond donors (Lipinski definition) is 2. The molecule has 0 aliphatic rings. The monoisotopic (exact) mass is 242 g/mol. The van der Waals surface area contributed by atoms with E-state index in [0.29, 0.717) is 11.3 Å². The van der Waals surface area contributed by atoms with Crippen molar-refractivity contribution in [3.8, 4) is 0 Å². The lowest BCUT2D eigenvalue weighted by molar-refractivity contribution is -0.138. The lowest BCUT2D eigenvalue weighted by Gasteiger charge is -2.11. The standard InChI is InChI=1S/C10H11ClN2O3/c1-4-6(5(2)14)3-7(9(11)13-4)8(12)10(15)16/h3,8H,12H2,1-2H3,(H,15,16)/t8-/m0/s1. The molecule has 16 heavy (non-hydrogen) atoms. The summed E-state index contributed by atoms with van der Waals surface area (Å²) in [5.41, 5.74) is 6.35. The molecule has 1 aromatic rings. The Kier molecular flexibility index (Phi) is 3.62. The van der Waals surface area contributed by atoms with Crippen molar-refractivity contribution < 1.29 is 14.7 Å². The number of carboxylic acids is 1. The molecule has 0 aromatic carbocycles. The normalized spacial score (nSPS) is 12.2. The van der Waals surface area contributed by atoms with E-state index in [9.17, 15) is 9.59 Å². The largest absolute Gasteiger partial charge is 0.480 e. The number of hydrogen-bond acceptors (Lipinski definition) is 4. The van der Waals surface area contributed by atoms with Gasteiger partial charge in [-0.1, -0.05) is 11.6 Å². The maximum absolute atomic E-state index is 11.3. The van der Waals surface area contributed by atoms with Crippen LogP contribution in [-0.2, 0) is 4.79 Å². The summed E-state index contributed by atoms with van der Waals surface area (Å²) >= 11 is 5.78. The maximum Gasteiger partial charge on any atom is 0.325 e. The van der Waals surface area contributed by atoms with E-state index in [1.807, 2.05) is 0 Å². The average Bonchev–Trinajstić information content (AvgIpc) is 2.16. The molecule has 0 bridgehead atoms. The molecular weight excluding hydrogens is 232 g/mol. The van der Waals surface area contributed by atoms with E-state index in [-0.39, 0.29) is 16.5 Å². The summed E-state index contributed by atoms with van der Waals surface area (Å²) in [4.78, 5) is 25.9. The number of carbonyl (C=O) groups excluding carboxylic acids is 1. The van der Waals surface area contributed by atoms with Crippen LogP contribution < -0.4 is 5.73 Å². The molecule has 86 valence electrons. The summed E-state index contributed by atoms with van der Waals surface area (Å²) in [6, 6.07) is 0.102. The van der Waals surface area contributed by atoms with E-state index in [2.05, 4.69) is 4.98 Å². The number of nitrogens with zero attached hydrogens (tertiary/aromatic N) is 1. The second-order valence-corrected chi connectivity index (χ2v) is 3.73. The Morgan fingerprint density at radius 1 is 1.56 bits per heavy atom. The van der Waals surface area contributed by atoms with E-state index in [0.717, 1.165) is 0 Å². The average molecular weight is 243 g/mol. The second kappa shape index (κ2) is 4.59. The van der Waals surface area contributed by atoms with E-state index >= 15 is 0 Å². The predicted molar refractivity (Wildman–Crippen MR) is 58.6 cm³/mol. The number of Topliss-reactive ketones (excluding diaryl/α,β-unsaturated/α-hetero) is 1. The Morgan fingerprint density at radius 2 is 2.12 bits per heavy atom. The molecule has 1 aromatic heterocycles. The number of aromatic nitrogens is 1. The molecule has 1 atom stereocenters. The van der Waals surface area contributed by atoms with Gasteiger partial charge in [0.2, 0.25) is 0 Å². The number of halogens is 1. The third-order valence-corrected chi connectivity index (χ3v) is 2.48. The molecule has 0 amide bonds. The van der Waals surface area contributed by atoms with Gasteiger partial charge in [0.1, 0.15) is 11.2 Å². The van der Waals surface area contributed by atoms with Gasteiger partial charge >= 0.3 is 5.97 Å². The summed E-state index contributed by atoms with van der Waals surface area (Å²) in [6.07, 6.45) is 0.